The molecule has 128 valence electrons. The highest BCUT2D eigenvalue weighted by Crippen LogP contribution is 2.25. The van der Waals surface area contributed by atoms with E-state index in [9.17, 15) is 19.1 Å². The van der Waals surface area contributed by atoms with Gasteiger partial charge in [0.25, 0.3) is 0 Å². The molecule has 0 bridgehead atoms. The molecule has 0 saturated carbocycles. The van der Waals surface area contributed by atoms with Gasteiger partial charge in [0.05, 0.1) is 5.92 Å². The molecule has 2 aromatic rings. The van der Waals surface area contributed by atoms with Crippen molar-refractivity contribution in [1.82, 2.24) is 0 Å². The van der Waals surface area contributed by atoms with E-state index in [0.29, 0.717) is 11.3 Å². The summed E-state index contributed by atoms with van der Waals surface area (Å²) in [7, 11) is 0. The topological polar surface area (TPSA) is 90.2 Å². The SMILES string of the molecule is Cc1cc(SC#N)ccc1NC(=O)CC(C(=O)O)c1ccc(F)cc1. The summed E-state index contributed by atoms with van der Waals surface area (Å²) in [6.07, 6.45) is -0.269. The van der Waals surface area contributed by atoms with E-state index in [1.165, 1.54) is 24.3 Å². The van der Waals surface area contributed by atoms with E-state index in [1.54, 1.807) is 25.1 Å². The average molecular weight is 358 g/mol. The predicted molar refractivity (Wildman–Crippen MR) is 92.7 cm³/mol. The number of nitrogens with one attached hydrogen (secondary N) is 1. The van der Waals surface area contributed by atoms with Gasteiger partial charge in [0.15, 0.2) is 0 Å². The number of benzene rings is 2. The number of thioether (sulfide) groups is 1. The molecule has 5 nitrogen and oxygen atoms in total. The van der Waals surface area contributed by atoms with Gasteiger partial charge in [0.2, 0.25) is 5.91 Å². The largest absolute Gasteiger partial charge is 0.481 e. The summed E-state index contributed by atoms with van der Waals surface area (Å²) in [5.41, 5.74) is 1.68. The highest BCUT2D eigenvalue weighted by molar-refractivity contribution is 8.03. The van der Waals surface area contributed by atoms with Crippen LogP contribution in [0.5, 0.6) is 0 Å². The molecule has 2 aromatic carbocycles. The molecule has 0 aliphatic heterocycles. The molecule has 7 heteroatoms. The van der Waals surface area contributed by atoms with Crippen LogP contribution in [0.15, 0.2) is 47.4 Å². The Morgan fingerprint density at radius 2 is 1.96 bits per heavy atom. The second-order valence-corrected chi connectivity index (χ2v) is 6.22. The zero-order valence-electron chi connectivity index (χ0n) is 13.3. The van der Waals surface area contributed by atoms with Crippen molar-refractivity contribution < 1.29 is 19.1 Å². The molecule has 0 radical (unpaired) electrons. The van der Waals surface area contributed by atoms with Crippen molar-refractivity contribution in [2.24, 2.45) is 0 Å². The van der Waals surface area contributed by atoms with Crippen molar-refractivity contribution in [2.75, 3.05) is 5.32 Å². The van der Waals surface area contributed by atoms with Gasteiger partial charge in [-0.15, -0.1) is 0 Å². The first-order chi connectivity index (χ1) is 11.9. The van der Waals surface area contributed by atoms with Crippen LogP contribution in [0.3, 0.4) is 0 Å². The van der Waals surface area contributed by atoms with E-state index in [2.05, 4.69) is 5.32 Å². The van der Waals surface area contributed by atoms with Crippen molar-refractivity contribution in [2.45, 2.75) is 24.2 Å². The third-order valence-corrected chi connectivity index (χ3v) is 4.18. The van der Waals surface area contributed by atoms with Gasteiger partial charge in [-0.05, 0) is 60.1 Å². The minimum absolute atomic E-state index is 0.269. The van der Waals surface area contributed by atoms with E-state index >= 15 is 0 Å². The third-order valence-electron chi connectivity index (χ3n) is 3.60. The van der Waals surface area contributed by atoms with Crippen LogP contribution in [0.1, 0.15) is 23.5 Å². The van der Waals surface area contributed by atoms with Crippen LogP contribution >= 0.6 is 11.8 Å². The Kier molecular flexibility index (Phi) is 6.14. The summed E-state index contributed by atoms with van der Waals surface area (Å²) in [6.45, 7) is 1.78. The number of aliphatic carboxylic acids is 1. The summed E-state index contributed by atoms with van der Waals surface area (Å²) >= 11 is 1.01. The molecule has 0 saturated heterocycles. The Bertz CT molecular complexity index is 831. The lowest BCUT2D eigenvalue weighted by Crippen LogP contribution is -2.21. The van der Waals surface area contributed by atoms with Crippen molar-refractivity contribution in [1.29, 1.82) is 5.26 Å². The molecule has 0 aliphatic carbocycles. The van der Waals surface area contributed by atoms with Crippen LogP contribution in [-0.2, 0) is 9.59 Å². The number of carboxylic acid groups (broad SMARTS) is 1. The molecular formula is C18H15FN2O3S. The number of rotatable bonds is 6. The predicted octanol–water partition coefficient (Wildman–Crippen LogP) is 3.90. The van der Waals surface area contributed by atoms with Gasteiger partial charge < -0.3 is 10.4 Å². The lowest BCUT2D eigenvalue weighted by Gasteiger charge is -2.14. The molecule has 1 unspecified atom stereocenters. The first kappa shape index (κ1) is 18.5. The average Bonchev–Trinajstić information content (AvgIpc) is 2.56. The van der Waals surface area contributed by atoms with E-state index in [1.807, 2.05) is 5.40 Å². The van der Waals surface area contributed by atoms with Crippen LogP contribution in [0, 0.1) is 23.4 Å². The highest BCUT2D eigenvalue weighted by atomic mass is 32.2. The summed E-state index contributed by atoms with van der Waals surface area (Å²) in [5.74, 6) is -3.14. The molecule has 2 N–H and O–H groups in total. The van der Waals surface area contributed by atoms with Gasteiger partial charge in [-0.1, -0.05) is 12.1 Å². The standard InChI is InChI=1S/C18H15FN2O3S/c1-11-8-14(25-10-20)6-7-16(11)21-17(22)9-15(18(23)24)12-2-4-13(19)5-3-12/h2-8,15H,9H2,1H3,(H,21,22)(H,23,24). The fourth-order valence-electron chi connectivity index (χ4n) is 2.32. The molecule has 0 heterocycles. The second-order valence-electron chi connectivity index (χ2n) is 5.36. The van der Waals surface area contributed by atoms with Crippen LogP contribution in [-0.4, -0.2) is 17.0 Å². The van der Waals surface area contributed by atoms with Crippen LogP contribution in [0.2, 0.25) is 0 Å². The maximum Gasteiger partial charge on any atom is 0.311 e. The molecular weight excluding hydrogens is 343 g/mol. The Morgan fingerprint density at radius 1 is 1.28 bits per heavy atom. The van der Waals surface area contributed by atoms with Gasteiger partial charge in [0.1, 0.15) is 11.2 Å². The number of halogens is 1. The van der Waals surface area contributed by atoms with Crippen LogP contribution in [0.25, 0.3) is 0 Å². The van der Waals surface area contributed by atoms with Gasteiger partial charge in [-0.2, -0.15) is 5.26 Å². The smallest absolute Gasteiger partial charge is 0.311 e. The zero-order valence-corrected chi connectivity index (χ0v) is 14.1. The number of thiocyanates is 1. The number of hydrogen-bond donors (Lipinski definition) is 2. The zero-order chi connectivity index (χ0) is 18.4. The van der Waals surface area contributed by atoms with E-state index in [4.69, 9.17) is 5.26 Å². The van der Waals surface area contributed by atoms with Gasteiger partial charge in [-0.3, -0.25) is 9.59 Å². The van der Waals surface area contributed by atoms with Crippen molar-refractivity contribution in [3.63, 3.8) is 0 Å². The van der Waals surface area contributed by atoms with E-state index in [0.717, 1.165) is 22.2 Å². The number of nitriles is 1. The fourth-order valence-corrected chi connectivity index (χ4v) is 2.80. The number of hydrogen-bond acceptors (Lipinski definition) is 4. The molecule has 0 aromatic heterocycles. The number of carboxylic acids is 1. The first-order valence-electron chi connectivity index (χ1n) is 7.35. The Hall–Kier alpha value is -2.85. The number of carbonyl (C=O) groups excluding carboxylic acids is 1. The normalized spacial score (nSPS) is 11.4. The molecule has 25 heavy (non-hydrogen) atoms. The minimum atomic E-state index is -1.15. The van der Waals surface area contributed by atoms with Crippen molar-refractivity contribution in [3.05, 3.63) is 59.4 Å². The second kappa shape index (κ2) is 8.31. The molecule has 1 amide bonds. The van der Waals surface area contributed by atoms with Crippen LogP contribution < -0.4 is 5.32 Å². The monoisotopic (exact) mass is 358 g/mol. The Labute approximate surface area is 148 Å². The first-order valence-corrected chi connectivity index (χ1v) is 8.17. The summed E-state index contributed by atoms with van der Waals surface area (Å²) < 4.78 is 13.0. The van der Waals surface area contributed by atoms with Gasteiger partial charge >= 0.3 is 5.97 Å². The molecule has 0 fully saturated rings. The van der Waals surface area contributed by atoms with E-state index < -0.39 is 23.6 Å². The fraction of sp³-hybridized carbons (Fsp3) is 0.167. The van der Waals surface area contributed by atoms with E-state index in [-0.39, 0.29) is 6.42 Å². The summed E-state index contributed by atoms with van der Waals surface area (Å²) in [5, 5.41) is 22.7. The van der Waals surface area contributed by atoms with Crippen molar-refractivity contribution in [3.8, 4) is 5.40 Å². The molecule has 2 rings (SSSR count). The molecule has 0 aliphatic rings. The number of amides is 1. The summed E-state index contributed by atoms with van der Waals surface area (Å²) in [6, 6.07) is 10.2. The van der Waals surface area contributed by atoms with Crippen LogP contribution in [0.4, 0.5) is 10.1 Å². The lowest BCUT2D eigenvalue weighted by molar-refractivity contribution is -0.140. The maximum absolute atomic E-state index is 13.0. The lowest BCUT2D eigenvalue weighted by atomic mass is 9.95. The summed E-state index contributed by atoms with van der Waals surface area (Å²) in [4.78, 5) is 24.4. The number of aryl methyl sites for hydroxylation is 1. The Morgan fingerprint density at radius 3 is 2.52 bits per heavy atom. The van der Waals surface area contributed by atoms with Gasteiger partial charge in [-0.25, -0.2) is 4.39 Å². The van der Waals surface area contributed by atoms with Crippen molar-refractivity contribution >= 4 is 29.3 Å². The number of anilines is 1. The number of nitrogens with zero attached hydrogens (tertiary/aromatic N) is 1. The highest BCUT2D eigenvalue weighted by Gasteiger charge is 2.23. The minimum Gasteiger partial charge on any atom is -0.481 e. The number of carbonyl (C=O) groups is 2. The molecule has 1 atom stereocenters. The Balaban J connectivity index is 2.10. The maximum atomic E-state index is 13.0. The quantitative estimate of drug-likeness (QED) is 0.604. The third kappa shape index (κ3) is 5.06. The molecule has 0 spiro atoms. The van der Waals surface area contributed by atoms with Gasteiger partial charge in [0, 0.05) is 17.0 Å².